The lowest BCUT2D eigenvalue weighted by molar-refractivity contribution is 0.324. The van der Waals surface area contributed by atoms with E-state index < -0.39 is 19.3 Å². The molecule has 2 heteroatoms. The number of hydrogen-bond donors (Lipinski definition) is 0. The first-order chi connectivity index (χ1) is 5.38. The second kappa shape index (κ2) is 4.27. The summed E-state index contributed by atoms with van der Waals surface area (Å²) >= 11 is 0. The molecule has 0 aromatic carbocycles. The Hall–Kier alpha value is -0.660. The molecule has 0 atom stereocenters. The van der Waals surface area contributed by atoms with Gasteiger partial charge in [-0.2, -0.15) is 0 Å². The van der Waals surface area contributed by atoms with Gasteiger partial charge in [-0.3, -0.25) is 8.78 Å². The second-order valence-corrected chi connectivity index (χ2v) is 2.69. The monoisotopic (exact) mass is 158 g/mol. The molecular formula is C9H12F2. The van der Waals surface area contributed by atoms with Crippen molar-refractivity contribution < 1.29 is 8.78 Å². The van der Waals surface area contributed by atoms with E-state index in [-0.39, 0.29) is 0 Å². The Kier molecular flexibility index (Phi) is 3.27. The Morgan fingerprint density at radius 2 is 2.00 bits per heavy atom. The summed E-state index contributed by atoms with van der Waals surface area (Å²) in [6.45, 7) is -1.18. The third-order valence-corrected chi connectivity index (χ3v) is 1.87. The SMILES string of the molecule is FCC(CF)C1=CCCC=C1. The van der Waals surface area contributed by atoms with Crippen molar-refractivity contribution in [2.24, 2.45) is 5.92 Å². The van der Waals surface area contributed by atoms with E-state index in [0.29, 0.717) is 0 Å². The van der Waals surface area contributed by atoms with Crippen molar-refractivity contribution in [3.8, 4) is 0 Å². The Balaban J connectivity index is 2.56. The lowest BCUT2D eigenvalue weighted by Gasteiger charge is -2.12. The van der Waals surface area contributed by atoms with Crippen molar-refractivity contribution in [2.45, 2.75) is 12.8 Å². The van der Waals surface area contributed by atoms with E-state index in [1.54, 1.807) is 0 Å². The fourth-order valence-electron chi connectivity index (χ4n) is 1.16. The molecule has 0 fully saturated rings. The summed E-state index contributed by atoms with van der Waals surface area (Å²) in [6, 6.07) is 0. The van der Waals surface area contributed by atoms with Crippen LogP contribution in [0.15, 0.2) is 23.8 Å². The molecule has 0 spiro atoms. The van der Waals surface area contributed by atoms with Crippen molar-refractivity contribution >= 4 is 0 Å². The molecule has 0 saturated heterocycles. The van der Waals surface area contributed by atoms with Crippen molar-refractivity contribution in [1.29, 1.82) is 0 Å². The quantitative estimate of drug-likeness (QED) is 0.592. The highest BCUT2D eigenvalue weighted by Gasteiger charge is 2.12. The first-order valence-electron chi connectivity index (χ1n) is 3.87. The number of rotatable bonds is 3. The number of allylic oxidation sites excluding steroid dienone is 4. The smallest absolute Gasteiger partial charge is 0.0987 e. The minimum absolute atomic E-state index is 0.522. The molecule has 1 rings (SSSR count). The molecule has 0 heterocycles. The van der Waals surface area contributed by atoms with Crippen LogP contribution in [0.2, 0.25) is 0 Å². The molecule has 0 saturated carbocycles. The van der Waals surface area contributed by atoms with Crippen LogP contribution < -0.4 is 0 Å². The van der Waals surface area contributed by atoms with Gasteiger partial charge in [0.15, 0.2) is 0 Å². The molecule has 0 aliphatic heterocycles. The minimum Gasteiger partial charge on any atom is -0.250 e. The molecule has 0 aromatic heterocycles. The summed E-state index contributed by atoms with van der Waals surface area (Å²) in [5.41, 5.74) is 0.821. The molecule has 0 nitrogen and oxygen atoms in total. The molecule has 0 bridgehead atoms. The average Bonchev–Trinajstić information content (AvgIpc) is 2.09. The molecule has 0 aromatic rings. The van der Waals surface area contributed by atoms with Crippen LogP contribution in [0.25, 0.3) is 0 Å². The number of alkyl halides is 2. The summed E-state index contributed by atoms with van der Waals surface area (Å²) in [4.78, 5) is 0. The molecule has 11 heavy (non-hydrogen) atoms. The van der Waals surface area contributed by atoms with Gasteiger partial charge in [-0.05, 0) is 18.4 Å². The van der Waals surface area contributed by atoms with Gasteiger partial charge in [0.2, 0.25) is 0 Å². The zero-order valence-corrected chi connectivity index (χ0v) is 6.39. The lowest BCUT2D eigenvalue weighted by atomic mass is 9.96. The van der Waals surface area contributed by atoms with Crippen molar-refractivity contribution in [3.63, 3.8) is 0 Å². The maximum Gasteiger partial charge on any atom is 0.0987 e. The van der Waals surface area contributed by atoms with E-state index >= 15 is 0 Å². The Morgan fingerprint density at radius 1 is 1.27 bits per heavy atom. The highest BCUT2D eigenvalue weighted by atomic mass is 19.1. The number of halogens is 2. The van der Waals surface area contributed by atoms with Gasteiger partial charge in [0.1, 0.15) is 0 Å². The Bertz CT molecular complexity index is 166. The number of hydrogen-bond acceptors (Lipinski definition) is 0. The first kappa shape index (κ1) is 8.44. The summed E-state index contributed by atoms with van der Waals surface area (Å²) in [7, 11) is 0. The van der Waals surface area contributed by atoms with E-state index in [4.69, 9.17) is 0 Å². The van der Waals surface area contributed by atoms with Gasteiger partial charge >= 0.3 is 0 Å². The normalized spacial score (nSPS) is 17.2. The van der Waals surface area contributed by atoms with E-state index in [1.165, 1.54) is 0 Å². The summed E-state index contributed by atoms with van der Waals surface area (Å²) in [6.07, 6.45) is 7.63. The predicted octanol–water partition coefficient (Wildman–Crippen LogP) is 2.82. The fraction of sp³-hybridized carbons (Fsp3) is 0.556. The van der Waals surface area contributed by atoms with Crippen LogP contribution in [0.3, 0.4) is 0 Å². The van der Waals surface area contributed by atoms with Crippen LogP contribution in [0.5, 0.6) is 0 Å². The van der Waals surface area contributed by atoms with Gasteiger partial charge in [0.25, 0.3) is 0 Å². The fourth-order valence-corrected chi connectivity index (χ4v) is 1.16. The Labute approximate surface area is 65.6 Å². The van der Waals surface area contributed by atoms with E-state index in [0.717, 1.165) is 18.4 Å². The molecule has 0 amide bonds. The van der Waals surface area contributed by atoms with Gasteiger partial charge in [-0.15, -0.1) is 0 Å². The Morgan fingerprint density at radius 3 is 2.45 bits per heavy atom. The topological polar surface area (TPSA) is 0 Å². The van der Waals surface area contributed by atoms with Crippen LogP contribution in [0.1, 0.15) is 12.8 Å². The van der Waals surface area contributed by atoms with Gasteiger partial charge in [0.05, 0.1) is 13.3 Å². The van der Waals surface area contributed by atoms with Crippen LogP contribution in [0.4, 0.5) is 8.78 Å². The molecule has 0 N–H and O–H groups in total. The zero-order valence-electron chi connectivity index (χ0n) is 6.39. The van der Waals surface area contributed by atoms with Gasteiger partial charge in [-0.1, -0.05) is 18.2 Å². The molecule has 0 radical (unpaired) electrons. The van der Waals surface area contributed by atoms with Crippen molar-refractivity contribution in [3.05, 3.63) is 23.8 Å². The molecular weight excluding hydrogens is 146 g/mol. The standard InChI is InChI=1S/C9H12F2/c10-6-9(7-11)8-4-2-1-3-5-8/h2,4-5,9H,1,3,6-7H2. The summed E-state index contributed by atoms with van der Waals surface area (Å²) in [5.74, 6) is -0.522. The third-order valence-electron chi connectivity index (χ3n) is 1.87. The molecule has 62 valence electrons. The van der Waals surface area contributed by atoms with Gasteiger partial charge in [0, 0.05) is 5.92 Å². The van der Waals surface area contributed by atoms with Crippen molar-refractivity contribution in [2.75, 3.05) is 13.3 Å². The molecule has 0 unspecified atom stereocenters. The predicted molar refractivity (Wildman–Crippen MR) is 41.9 cm³/mol. The molecule has 1 aliphatic carbocycles. The maximum atomic E-state index is 12.1. The highest BCUT2D eigenvalue weighted by Crippen LogP contribution is 2.19. The maximum absolute atomic E-state index is 12.1. The van der Waals surface area contributed by atoms with Crippen LogP contribution in [0, 0.1) is 5.92 Å². The second-order valence-electron chi connectivity index (χ2n) is 2.69. The van der Waals surface area contributed by atoms with Crippen LogP contribution >= 0.6 is 0 Å². The van der Waals surface area contributed by atoms with Crippen LogP contribution in [-0.2, 0) is 0 Å². The van der Waals surface area contributed by atoms with E-state index in [9.17, 15) is 8.78 Å². The minimum atomic E-state index is -0.591. The molecule has 1 aliphatic rings. The van der Waals surface area contributed by atoms with Gasteiger partial charge in [-0.25, -0.2) is 0 Å². The van der Waals surface area contributed by atoms with E-state index in [2.05, 4.69) is 0 Å². The van der Waals surface area contributed by atoms with Gasteiger partial charge < -0.3 is 0 Å². The average molecular weight is 158 g/mol. The highest BCUT2D eigenvalue weighted by molar-refractivity contribution is 5.24. The first-order valence-corrected chi connectivity index (χ1v) is 3.87. The van der Waals surface area contributed by atoms with E-state index in [1.807, 2.05) is 18.2 Å². The largest absolute Gasteiger partial charge is 0.250 e. The lowest BCUT2D eigenvalue weighted by Crippen LogP contribution is -2.08. The summed E-state index contributed by atoms with van der Waals surface area (Å²) in [5, 5.41) is 0. The van der Waals surface area contributed by atoms with Crippen LogP contribution in [-0.4, -0.2) is 13.3 Å². The summed E-state index contributed by atoms with van der Waals surface area (Å²) < 4.78 is 24.3. The third kappa shape index (κ3) is 2.14. The van der Waals surface area contributed by atoms with Crippen molar-refractivity contribution in [1.82, 2.24) is 0 Å². The zero-order chi connectivity index (χ0) is 8.10.